The van der Waals surface area contributed by atoms with Gasteiger partial charge in [0.05, 0.1) is 12.1 Å². The fourth-order valence-corrected chi connectivity index (χ4v) is 3.67. The first-order valence-electron chi connectivity index (χ1n) is 12.0. The molecule has 0 aromatic heterocycles. The van der Waals surface area contributed by atoms with Crippen LogP contribution >= 0.6 is 0 Å². The molecule has 2 atom stereocenters. The summed E-state index contributed by atoms with van der Waals surface area (Å²) in [6, 6.07) is 7.43. The van der Waals surface area contributed by atoms with Crippen molar-refractivity contribution in [3.8, 4) is 0 Å². The van der Waals surface area contributed by atoms with Crippen molar-refractivity contribution >= 4 is 46.6 Å². The molecule has 0 radical (unpaired) electrons. The van der Waals surface area contributed by atoms with Crippen molar-refractivity contribution in [3.63, 3.8) is 0 Å². The number of rotatable bonds is 10. The van der Waals surface area contributed by atoms with Crippen LogP contribution in [0.5, 0.6) is 0 Å². The van der Waals surface area contributed by atoms with Gasteiger partial charge in [-0.2, -0.15) is 0 Å². The average molecular weight is 523 g/mol. The Morgan fingerprint density at radius 3 is 1.37 bits per heavy atom. The lowest BCUT2D eigenvalue weighted by atomic mass is 9.83. The predicted octanol–water partition coefficient (Wildman–Crippen LogP) is 0.0460. The van der Waals surface area contributed by atoms with Gasteiger partial charge in [-0.1, -0.05) is 0 Å². The van der Waals surface area contributed by atoms with Crippen LogP contribution in [-0.4, -0.2) is 60.4 Å². The van der Waals surface area contributed by atoms with Crippen molar-refractivity contribution in [2.24, 2.45) is 11.5 Å². The maximum atomic E-state index is 13.1. The normalized spacial score (nSPS) is 13.5. The van der Waals surface area contributed by atoms with Crippen LogP contribution < -0.4 is 32.7 Å². The molecular weight excluding hydrogens is 492 g/mol. The molecule has 38 heavy (non-hydrogen) atoms. The Labute approximate surface area is 218 Å². The second-order valence-electron chi connectivity index (χ2n) is 8.93. The van der Waals surface area contributed by atoms with E-state index in [2.05, 4.69) is 21.3 Å². The van der Waals surface area contributed by atoms with Crippen molar-refractivity contribution in [1.29, 1.82) is 0 Å². The molecule has 0 aliphatic heterocycles. The summed E-state index contributed by atoms with van der Waals surface area (Å²) in [4.78, 5) is 73.7. The molecule has 2 aromatic carbocycles. The van der Waals surface area contributed by atoms with Gasteiger partial charge in [-0.15, -0.1) is 0 Å². The van der Waals surface area contributed by atoms with E-state index in [0.29, 0.717) is 11.4 Å². The highest BCUT2D eigenvalue weighted by atomic mass is 16.2. The molecular formula is C26H30N6O6. The number of anilines is 2. The number of hydrogen-bond donors (Lipinski definition) is 6. The minimum absolute atomic E-state index is 0.00172. The topological polar surface area (TPSA) is 203 Å². The second-order valence-corrected chi connectivity index (χ2v) is 8.93. The molecule has 1 aliphatic carbocycles. The molecule has 0 fully saturated rings. The highest BCUT2D eigenvalue weighted by Crippen LogP contribution is 2.31. The SMILES string of the molecule is C[C@H](N)C(=O)NCCC(=O)Nc1ccc2c(c1)C(=O)c1ccc(NC(=O)CCNC(=O)[C@H](C)N)cc1C2=O. The Bertz CT molecular complexity index is 1200. The average Bonchev–Trinajstić information content (AvgIpc) is 2.86. The zero-order valence-corrected chi connectivity index (χ0v) is 21.1. The van der Waals surface area contributed by atoms with Gasteiger partial charge in [-0.05, 0) is 50.2 Å². The minimum Gasteiger partial charge on any atom is -0.354 e. The zero-order valence-electron chi connectivity index (χ0n) is 21.1. The zero-order chi connectivity index (χ0) is 28.0. The maximum absolute atomic E-state index is 13.1. The van der Waals surface area contributed by atoms with Gasteiger partial charge in [0.1, 0.15) is 0 Å². The van der Waals surface area contributed by atoms with Gasteiger partial charge in [-0.3, -0.25) is 28.8 Å². The molecule has 0 saturated heterocycles. The Hall–Kier alpha value is -4.42. The first-order chi connectivity index (χ1) is 18.0. The van der Waals surface area contributed by atoms with Gasteiger partial charge < -0.3 is 32.7 Å². The number of fused-ring (bicyclic) bond motifs is 2. The summed E-state index contributed by atoms with van der Waals surface area (Å²) in [6.07, 6.45) is -0.00344. The van der Waals surface area contributed by atoms with Crippen molar-refractivity contribution in [2.45, 2.75) is 38.8 Å². The number of hydrogen-bond acceptors (Lipinski definition) is 8. The lowest BCUT2D eigenvalue weighted by Gasteiger charge is -2.19. The third-order valence-electron chi connectivity index (χ3n) is 5.71. The molecule has 1 aliphatic rings. The predicted molar refractivity (Wildman–Crippen MR) is 140 cm³/mol. The van der Waals surface area contributed by atoms with E-state index in [1.54, 1.807) is 0 Å². The summed E-state index contributed by atoms with van der Waals surface area (Å²) < 4.78 is 0. The van der Waals surface area contributed by atoms with Gasteiger partial charge in [0.15, 0.2) is 11.6 Å². The van der Waals surface area contributed by atoms with Gasteiger partial charge >= 0.3 is 0 Å². The second kappa shape index (κ2) is 12.2. The van der Waals surface area contributed by atoms with E-state index < -0.39 is 23.7 Å². The summed E-state index contributed by atoms with van der Waals surface area (Å²) in [5.74, 6) is -2.31. The molecule has 3 rings (SSSR count). The van der Waals surface area contributed by atoms with Crippen LogP contribution in [0.25, 0.3) is 0 Å². The van der Waals surface area contributed by atoms with Crippen molar-refractivity contribution in [2.75, 3.05) is 23.7 Å². The van der Waals surface area contributed by atoms with Gasteiger partial charge in [0.2, 0.25) is 23.6 Å². The molecule has 12 heteroatoms. The minimum atomic E-state index is -0.683. The van der Waals surface area contributed by atoms with Crippen molar-refractivity contribution in [3.05, 3.63) is 58.7 Å². The standard InChI is InChI=1S/C26H30N6O6/c1-13(27)25(37)29-9-7-21(33)31-15-3-5-17-19(11-15)23(35)18-6-4-16(12-20(18)24(17)36)32-22(34)8-10-30-26(38)14(2)28/h3-6,11-14H,7-10,27-28H2,1-2H3,(H,29,37)(H,30,38)(H,31,33)(H,32,34)/t13-,14-/m0/s1. The van der Waals surface area contributed by atoms with Gasteiger partial charge in [0, 0.05) is 59.6 Å². The van der Waals surface area contributed by atoms with E-state index in [-0.39, 0.29) is 71.8 Å². The summed E-state index contributed by atoms with van der Waals surface area (Å²) >= 11 is 0. The summed E-state index contributed by atoms with van der Waals surface area (Å²) in [7, 11) is 0. The van der Waals surface area contributed by atoms with Crippen LogP contribution in [0.15, 0.2) is 36.4 Å². The lowest BCUT2D eigenvalue weighted by Crippen LogP contribution is -2.39. The number of nitrogens with one attached hydrogen (secondary N) is 4. The van der Waals surface area contributed by atoms with Crippen LogP contribution in [0.4, 0.5) is 11.4 Å². The molecule has 8 N–H and O–H groups in total. The van der Waals surface area contributed by atoms with E-state index in [9.17, 15) is 28.8 Å². The number of carbonyl (C=O) groups is 6. The molecule has 0 heterocycles. The van der Waals surface area contributed by atoms with Crippen LogP contribution in [0.1, 0.15) is 58.5 Å². The molecule has 200 valence electrons. The monoisotopic (exact) mass is 522 g/mol. The lowest BCUT2D eigenvalue weighted by molar-refractivity contribution is -0.123. The smallest absolute Gasteiger partial charge is 0.236 e. The van der Waals surface area contributed by atoms with Crippen LogP contribution in [-0.2, 0) is 19.2 Å². The Balaban J connectivity index is 1.65. The number of carbonyl (C=O) groups excluding carboxylic acids is 6. The highest BCUT2D eigenvalue weighted by Gasteiger charge is 2.30. The first-order valence-corrected chi connectivity index (χ1v) is 12.0. The van der Waals surface area contributed by atoms with E-state index in [1.807, 2.05) is 0 Å². The van der Waals surface area contributed by atoms with E-state index in [4.69, 9.17) is 11.5 Å². The van der Waals surface area contributed by atoms with E-state index in [1.165, 1.54) is 50.2 Å². The van der Waals surface area contributed by atoms with Crippen LogP contribution in [0.3, 0.4) is 0 Å². The number of benzene rings is 2. The van der Waals surface area contributed by atoms with Crippen LogP contribution in [0.2, 0.25) is 0 Å². The molecule has 0 saturated carbocycles. The number of nitrogens with two attached hydrogens (primary N) is 2. The molecule has 0 unspecified atom stereocenters. The third-order valence-corrected chi connectivity index (χ3v) is 5.71. The highest BCUT2D eigenvalue weighted by molar-refractivity contribution is 6.29. The molecule has 4 amide bonds. The van der Waals surface area contributed by atoms with Crippen molar-refractivity contribution in [1.82, 2.24) is 10.6 Å². The molecule has 0 spiro atoms. The summed E-state index contributed by atoms with van der Waals surface area (Å²) in [5.41, 5.74) is 12.2. The Morgan fingerprint density at radius 1 is 0.658 bits per heavy atom. The molecule has 0 bridgehead atoms. The number of ketones is 2. The Kier molecular flexibility index (Phi) is 9.05. The van der Waals surface area contributed by atoms with E-state index >= 15 is 0 Å². The quantitative estimate of drug-likeness (QED) is 0.214. The Morgan fingerprint density at radius 2 is 1.03 bits per heavy atom. The van der Waals surface area contributed by atoms with E-state index in [0.717, 1.165) is 0 Å². The van der Waals surface area contributed by atoms with Gasteiger partial charge in [-0.25, -0.2) is 0 Å². The number of amides is 4. The van der Waals surface area contributed by atoms with Crippen molar-refractivity contribution < 1.29 is 28.8 Å². The summed E-state index contributed by atoms with van der Waals surface area (Å²) in [6.45, 7) is 3.26. The summed E-state index contributed by atoms with van der Waals surface area (Å²) in [5, 5.41) is 10.4. The fraction of sp³-hybridized carbons (Fsp3) is 0.308. The van der Waals surface area contributed by atoms with Crippen LogP contribution in [0, 0.1) is 0 Å². The maximum Gasteiger partial charge on any atom is 0.236 e. The largest absolute Gasteiger partial charge is 0.354 e. The van der Waals surface area contributed by atoms with Gasteiger partial charge in [0.25, 0.3) is 0 Å². The third kappa shape index (κ3) is 6.87. The molecule has 12 nitrogen and oxygen atoms in total. The fourth-order valence-electron chi connectivity index (χ4n) is 3.67. The molecule has 2 aromatic rings. The first kappa shape index (κ1) is 28.2.